The highest BCUT2D eigenvalue weighted by atomic mass is 79.9. The number of aromatic nitrogens is 2. The van der Waals surface area contributed by atoms with Crippen molar-refractivity contribution in [3.63, 3.8) is 0 Å². The molecule has 0 radical (unpaired) electrons. The number of aryl methyl sites for hydroxylation is 1. The Kier molecular flexibility index (Phi) is 5.09. The van der Waals surface area contributed by atoms with Crippen LogP contribution < -0.4 is 10.2 Å². The number of nitrogens with one attached hydrogen (secondary N) is 1. The van der Waals surface area contributed by atoms with Gasteiger partial charge in [0.1, 0.15) is 5.69 Å². The Labute approximate surface area is 154 Å². The number of para-hydroxylation sites is 1. The fourth-order valence-electron chi connectivity index (χ4n) is 2.32. The molecule has 1 heterocycles. The summed E-state index contributed by atoms with van der Waals surface area (Å²) in [7, 11) is 1.73. The van der Waals surface area contributed by atoms with Gasteiger partial charge in [-0.05, 0) is 58.7 Å². The van der Waals surface area contributed by atoms with Gasteiger partial charge in [0, 0.05) is 23.4 Å². The summed E-state index contributed by atoms with van der Waals surface area (Å²) in [5, 5.41) is 3.13. The average molecular weight is 397 g/mol. The summed E-state index contributed by atoms with van der Waals surface area (Å²) in [4.78, 5) is 22.8. The predicted octanol–water partition coefficient (Wildman–Crippen LogP) is 4.57. The summed E-state index contributed by atoms with van der Waals surface area (Å²) in [6.45, 7) is 2.02. The maximum Gasteiger partial charge on any atom is 0.276 e. The van der Waals surface area contributed by atoms with Crippen LogP contribution in [0.3, 0.4) is 0 Å². The van der Waals surface area contributed by atoms with E-state index < -0.39 is 0 Å². The fourth-order valence-corrected chi connectivity index (χ4v) is 2.91. The Balaban J connectivity index is 1.82. The lowest BCUT2D eigenvalue weighted by Gasteiger charge is -2.17. The van der Waals surface area contributed by atoms with Gasteiger partial charge in [-0.25, -0.2) is 9.97 Å². The van der Waals surface area contributed by atoms with Crippen LogP contribution in [0.2, 0.25) is 0 Å². The molecule has 3 aromatic rings. The minimum Gasteiger partial charge on any atom is -0.323 e. The summed E-state index contributed by atoms with van der Waals surface area (Å²) < 4.78 is 0.911. The molecule has 1 amide bonds. The van der Waals surface area contributed by atoms with E-state index in [1.807, 2.05) is 55.5 Å². The average Bonchev–Trinajstić information content (AvgIpc) is 2.64. The first kappa shape index (κ1) is 17.1. The van der Waals surface area contributed by atoms with Crippen LogP contribution in [0.5, 0.6) is 0 Å². The van der Waals surface area contributed by atoms with Gasteiger partial charge >= 0.3 is 0 Å². The molecule has 5 nitrogen and oxygen atoms in total. The SMILES string of the molecule is Cc1ccc(Nc2nccc(C(=O)N(C)c3ccccc3)n2)c(Br)c1. The van der Waals surface area contributed by atoms with Crippen LogP contribution in [0, 0.1) is 6.92 Å². The van der Waals surface area contributed by atoms with Crippen molar-refractivity contribution in [2.75, 3.05) is 17.3 Å². The second-order valence-corrected chi connectivity index (χ2v) is 6.43. The third-order valence-electron chi connectivity index (χ3n) is 3.69. The van der Waals surface area contributed by atoms with Crippen molar-refractivity contribution in [2.45, 2.75) is 6.92 Å². The van der Waals surface area contributed by atoms with Crippen LogP contribution in [0.25, 0.3) is 0 Å². The van der Waals surface area contributed by atoms with Crippen LogP contribution in [0.15, 0.2) is 65.3 Å². The standard InChI is InChI=1S/C19H17BrN4O/c1-13-8-9-16(15(20)12-13)22-19-21-11-10-17(23-19)18(25)24(2)14-6-4-3-5-7-14/h3-12H,1-2H3,(H,21,22,23). The lowest BCUT2D eigenvalue weighted by Crippen LogP contribution is -2.27. The Morgan fingerprint density at radius 2 is 1.88 bits per heavy atom. The molecule has 0 aliphatic carbocycles. The van der Waals surface area contributed by atoms with Crippen molar-refractivity contribution in [3.05, 3.63) is 76.5 Å². The molecule has 0 fully saturated rings. The molecule has 2 aromatic carbocycles. The Bertz CT molecular complexity index is 899. The van der Waals surface area contributed by atoms with Crippen LogP contribution in [-0.4, -0.2) is 22.9 Å². The van der Waals surface area contributed by atoms with Crippen molar-refractivity contribution >= 4 is 39.2 Å². The van der Waals surface area contributed by atoms with Crippen LogP contribution >= 0.6 is 15.9 Å². The zero-order chi connectivity index (χ0) is 17.8. The molecule has 0 spiro atoms. The number of nitrogens with zero attached hydrogens (tertiary/aromatic N) is 3. The summed E-state index contributed by atoms with van der Waals surface area (Å²) in [5.41, 5.74) is 3.12. The van der Waals surface area contributed by atoms with Crippen molar-refractivity contribution in [1.29, 1.82) is 0 Å². The summed E-state index contributed by atoms with van der Waals surface area (Å²) in [6, 6.07) is 17.0. The zero-order valence-electron chi connectivity index (χ0n) is 13.9. The molecule has 0 aliphatic rings. The summed E-state index contributed by atoms with van der Waals surface area (Å²) >= 11 is 3.51. The van der Waals surface area contributed by atoms with Gasteiger partial charge < -0.3 is 10.2 Å². The molecule has 0 saturated carbocycles. The molecule has 126 valence electrons. The van der Waals surface area contributed by atoms with Gasteiger partial charge in [-0.2, -0.15) is 0 Å². The van der Waals surface area contributed by atoms with Crippen molar-refractivity contribution < 1.29 is 4.79 Å². The van der Waals surface area contributed by atoms with Gasteiger partial charge in [0.05, 0.1) is 5.69 Å². The number of carbonyl (C=O) groups excluding carboxylic acids is 1. The highest BCUT2D eigenvalue weighted by Crippen LogP contribution is 2.25. The van der Waals surface area contributed by atoms with Gasteiger partial charge in [-0.3, -0.25) is 4.79 Å². The van der Waals surface area contributed by atoms with Gasteiger partial charge in [0.2, 0.25) is 5.95 Å². The van der Waals surface area contributed by atoms with Crippen molar-refractivity contribution in [3.8, 4) is 0 Å². The first-order valence-electron chi connectivity index (χ1n) is 7.74. The molecule has 0 bridgehead atoms. The number of carbonyl (C=O) groups is 1. The first-order valence-corrected chi connectivity index (χ1v) is 8.53. The van der Waals surface area contributed by atoms with E-state index in [1.165, 1.54) is 0 Å². The van der Waals surface area contributed by atoms with Crippen LogP contribution in [0.4, 0.5) is 17.3 Å². The molecule has 6 heteroatoms. The minimum absolute atomic E-state index is 0.195. The maximum absolute atomic E-state index is 12.7. The van der Waals surface area contributed by atoms with E-state index in [4.69, 9.17) is 0 Å². The predicted molar refractivity (Wildman–Crippen MR) is 103 cm³/mol. The third-order valence-corrected chi connectivity index (χ3v) is 4.35. The van der Waals surface area contributed by atoms with Gasteiger partial charge in [-0.1, -0.05) is 24.3 Å². The number of rotatable bonds is 4. The number of hydrogen-bond acceptors (Lipinski definition) is 4. The minimum atomic E-state index is -0.195. The first-order chi connectivity index (χ1) is 12.0. The maximum atomic E-state index is 12.7. The Hall–Kier alpha value is -2.73. The molecule has 0 unspecified atom stereocenters. The number of anilines is 3. The molecule has 1 N–H and O–H groups in total. The number of halogens is 1. The molecular weight excluding hydrogens is 380 g/mol. The normalized spacial score (nSPS) is 10.4. The van der Waals surface area contributed by atoms with Gasteiger partial charge in [0.15, 0.2) is 0 Å². The second kappa shape index (κ2) is 7.44. The van der Waals surface area contributed by atoms with Crippen molar-refractivity contribution in [1.82, 2.24) is 9.97 Å². The summed E-state index contributed by atoms with van der Waals surface area (Å²) in [6.07, 6.45) is 1.57. The van der Waals surface area contributed by atoms with Gasteiger partial charge in [-0.15, -0.1) is 0 Å². The zero-order valence-corrected chi connectivity index (χ0v) is 15.5. The third kappa shape index (κ3) is 4.03. The topological polar surface area (TPSA) is 58.1 Å². The molecule has 25 heavy (non-hydrogen) atoms. The molecule has 0 aliphatic heterocycles. The quantitative estimate of drug-likeness (QED) is 0.701. The Morgan fingerprint density at radius 3 is 2.60 bits per heavy atom. The van der Waals surface area contributed by atoms with E-state index in [0.717, 1.165) is 21.4 Å². The Morgan fingerprint density at radius 1 is 1.12 bits per heavy atom. The van der Waals surface area contributed by atoms with E-state index in [1.54, 1.807) is 24.2 Å². The van der Waals surface area contributed by atoms with E-state index >= 15 is 0 Å². The molecule has 3 rings (SSSR count). The van der Waals surface area contributed by atoms with E-state index in [0.29, 0.717) is 11.6 Å². The van der Waals surface area contributed by atoms with Crippen LogP contribution in [-0.2, 0) is 0 Å². The van der Waals surface area contributed by atoms with E-state index in [9.17, 15) is 4.79 Å². The highest BCUT2D eigenvalue weighted by molar-refractivity contribution is 9.10. The second-order valence-electron chi connectivity index (χ2n) is 5.57. The number of amides is 1. The molecule has 0 saturated heterocycles. The molecular formula is C19H17BrN4O. The van der Waals surface area contributed by atoms with Crippen molar-refractivity contribution in [2.24, 2.45) is 0 Å². The lowest BCUT2D eigenvalue weighted by molar-refractivity contribution is 0.0988. The monoisotopic (exact) mass is 396 g/mol. The van der Waals surface area contributed by atoms with E-state index in [-0.39, 0.29) is 5.91 Å². The molecule has 1 aromatic heterocycles. The van der Waals surface area contributed by atoms with Crippen LogP contribution in [0.1, 0.15) is 16.1 Å². The van der Waals surface area contributed by atoms with E-state index in [2.05, 4.69) is 31.2 Å². The smallest absolute Gasteiger partial charge is 0.276 e. The fraction of sp³-hybridized carbons (Fsp3) is 0.105. The lowest BCUT2D eigenvalue weighted by atomic mass is 10.2. The summed E-state index contributed by atoms with van der Waals surface area (Å²) in [5.74, 6) is 0.177. The largest absolute Gasteiger partial charge is 0.323 e. The highest BCUT2D eigenvalue weighted by Gasteiger charge is 2.15. The number of benzene rings is 2. The van der Waals surface area contributed by atoms with Gasteiger partial charge in [0.25, 0.3) is 5.91 Å². The number of hydrogen-bond donors (Lipinski definition) is 1. The molecule has 0 atom stereocenters.